The molecule has 0 saturated heterocycles. The number of fused-ring (bicyclic) bond motifs is 1. The third-order valence-corrected chi connectivity index (χ3v) is 4.04. The van der Waals surface area contributed by atoms with E-state index in [2.05, 4.69) is 10.3 Å². The molecule has 0 aliphatic rings. The molecule has 0 bridgehead atoms. The molecule has 0 radical (unpaired) electrons. The second-order valence-corrected chi connectivity index (χ2v) is 5.75. The number of nitrogens with one attached hydrogen (secondary N) is 1. The zero-order valence-corrected chi connectivity index (χ0v) is 14.0. The van der Waals surface area contributed by atoms with Crippen LogP contribution in [-0.2, 0) is 6.54 Å². The molecule has 0 saturated carbocycles. The average molecular weight is 321 g/mol. The highest BCUT2D eigenvalue weighted by atomic mass is 16.2. The summed E-state index contributed by atoms with van der Waals surface area (Å²) >= 11 is 0. The quantitative estimate of drug-likeness (QED) is 0.805. The summed E-state index contributed by atoms with van der Waals surface area (Å²) < 4.78 is 1.83. The fourth-order valence-corrected chi connectivity index (χ4v) is 2.67. The molecule has 2 heterocycles. The Morgan fingerprint density at radius 3 is 2.62 bits per heavy atom. The van der Waals surface area contributed by atoms with E-state index in [9.17, 15) is 9.59 Å². The van der Waals surface area contributed by atoms with Gasteiger partial charge < -0.3 is 9.88 Å². The largest absolute Gasteiger partial charge is 0.332 e. The minimum Gasteiger partial charge on any atom is -0.332 e. The second kappa shape index (κ2) is 6.28. The number of benzene rings is 1. The Morgan fingerprint density at radius 2 is 1.92 bits per heavy atom. The van der Waals surface area contributed by atoms with Crippen LogP contribution in [0.5, 0.6) is 0 Å². The number of pyridine rings is 2. The molecule has 1 N–H and O–H groups in total. The zero-order valence-electron chi connectivity index (χ0n) is 14.0. The predicted molar refractivity (Wildman–Crippen MR) is 95.5 cm³/mol. The second-order valence-electron chi connectivity index (χ2n) is 5.75. The first kappa shape index (κ1) is 15.9. The third kappa shape index (κ3) is 2.80. The van der Waals surface area contributed by atoms with E-state index in [1.165, 1.54) is 0 Å². The molecule has 1 aromatic carbocycles. The van der Waals surface area contributed by atoms with Crippen LogP contribution in [0.2, 0.25) is 0 Å². The first-order chi connectivity index (χ1) is 11.5. The van der Waals surface area contributed by atoms with Gasteiger partial charge in [-0.1, -0.05) is 18.2 Å². The maximum atomic E-state index is 12.7. The Kier molecular flexibility index (Phi) is 4.16. The summed E-state index contributed by atoms with van der Waals surface area (Å²) in [6.45, 7) is 6.37. The van der Waals surface area contributed by atoms with Crippen molar-refractivity contribution >= 4 is 22.6 Å². The molecule has 3 rings (SSSR count). The van der Waals surface area contributed by atoms with Gasteiger partial charge in [-0.2, -0.15) is 0 Å². The van der Waals surface area contributed by atoms with Crippen LogP contribution in [0.4, 0.5) is 5.69 Å². The van der Waals surface area contributed by atoms with Crippen LogP contribution >= 0.6 is 0 Å². The number of hydrogen-bond acceptors (Lipinski definition) is 3. The average Bonchev–Trinajstić information content (AvgIpc) is 2.57. The number of amides is 1. The number of rotatable bonds is 3. The van der Waals surface area contributed by atoms with Gasteiger partial charge in [0.2, 0.25) is 5.43 Å². The summed E-state index contributed by atoms with van der Waals surface area (Å²) in [6, 6.07) is 11.0. The van der Waals surface area contributed by atoms with Crippen LogP contribution in [-0.4, -0.2) is 15.5 Å². The smallest absolute Gasteiger partial charge is 0.261 e. The lowest BCUT2D eigenvalue weighted by Gasteiger charge is -2.12. The van der Waals surface area contributed by atoms with Gasteiger partial charge in [0, 0.05) is 24.1 Å². The molecule has 0 aliphatic heterocycles. The highest BCUT2D eigenvalue weighted by Crippen LogP contribution is 2.15. The van der Waals surface area contributed by atoms with Gasteiger partial charge in [-0.25, -0.2) is 4.98 Å². The van der Waals surface area contributed by atoms with Crippen molar-refractivity contribution in [3.05, 3.63) is 69.6 Å². The van der Waals surface area contributed by atoms with Crippen molar-refractivity contribution < 1.29 is 4.79 Å². The SMILES string of the molecule is CCn1cc(C(=O)Nc2ccccc2C)c(=O)c2ccc(C)nc21. The van der Waals surface area contributed by atoms with Crippen LogP contribution in [0.25, 0.3) is 11.0 Å². The predicted octanol–water partition coefficient (Wildman–Crippen LogP) is 3.29. The van der Waals surface area contributed by atoms with Crippen molar-refractivity contribution in [3.8, 4) is 0 Å². The highest BCUT2D eigenvalue weighted by Gasteiger charge is 2.16. The van der Waals surface area contributed by atoms with E-state index in [1.54, 1.807) is 18.3 Å². The van der Waals surface area contributed by atoms with Gasteiger partial charge in [0.15, 0.2) is 0 Å². The summed E-state index contributed by atoms with van der Waals surface area (Å²) in [6.07, 6.45) is 1.59. The minimum absolute atomic E-state index is 0.123. The van der Waals surface area contributed by atoms with Gasteiger partial charge in [0.05, 0.1) is 5.39 Å². The Bertz CT molecular complexity index is 990. The molecule has 2 aromatic heterocycles. The van der Waals surface area contributed by atoms with Crippen LogP contribution in [0.15, 0.2) is 47.4 Å². The molecule has 0 atom stereocenters. The Balaban J connectivity index is 2.11. The van der Waals surface area contributed by atoms with E-state index in [-0.39, 0.29) is 11.0 Å². The summed E-state index contributed by atoms with van der Waals surface area (Å²) in [4.78, 5) is 29.8. The van der Waals surface area contributed by atoms with Gasteiger partial charge in [-0.3, -0.25) is 9.59 Å². The van der Waals surface area contributed by atoms with E-state index >= 15 is 0 Å². The molecule has 0 unspecified atom stereocenters. The minimum atomic E-state index is -0.404. The number of carbonyl (C=O) groups excluding carboxylic acids is 1. The molecule has 24 heavy (non-hydrogen) atoms. The molecule has 0 fully saturated rings. The molecule has 5 heteroatoms. The van der Waals surface area contributed by atoms with Crippen molar-refractivity contribution in [1.29, 1.82) is 0 Å². The summed E-state index contributed by atoms with van der Waals surface area (Å²) in [5.74, 6) is -0.404. The van der Waals surface area contributed by atoms with Crippen LogP contribution in [0, 0.1) is 13.8 Å². The summed E-state index contributed by atoms with van der Waals surface area (Å²) in [7, 11) is 0. The van der Waals surface area contributed by atoms with E-state index < -0.39 is 5.91 Å². The number of aryl methyl sites for hydroxylation is 3. The lowest BCUT2D eigenvalue weighted by atomic mass is 10.1. The van der Waals surface area contributed by atoms with Gasteiger partial charge >= 0.3 is 0 Å². The normalized spacial score (nSPS) is 10.8. The van der Waals surface area contributed by atoms with Gasteiger partial charge in [0.25, 0.3) is 5.91 Å². The van der Waals surface area contributed by atoms with Gasteiger partial charge in [-0.05, 0) is 44.5 Å². The van der Waals surface area contributed by atoms with Crippen molar-refractivity contribution in [2.24, 2.45) is 0 Å². The number of nitrogens with zero attached hydrogens (tertiary/aromatic N) is 2. The van der Waals surface area contributed by atoms with Crippen LogP contribution in [0.1, 0.15) is 28.5 Å². The first-order valence-corrected chi connectivity index (χ1v) is 7.89. The van der Waals surface area contributed by atoms with Crippen LogP contribution in [0.3, 0.4) is 0 Å². The molecule has 0 spiro atoms. The number of aromatic nitrogens is 2. The van der Waals surface area contributed by atoms with Crippen molar-refractivity contribution in [3.63, 3.8) is 0 Å². The van der Waals surface area contributed by atoms with E-state index in [0.717, 1.165) is 11.3 Å². The highest BCUT2D eigenvalue weighted by molar-refractivity contribution is 6.05. The van der Waals surface area contributed by atoms with E-state index in [0.29, 0.717) is 23.3 Å². The van der Waals surface area contributed by atoms with Crippen LogP contribution < -0.4 is 10.7 Å². The van der Waals surface area contributed by atoms with E-state index in [1.807, 2.05) is 49.6 Å². The zero-order chi connectivity index (χ0) is 17.3. The standard InChI is InChI=1S/C19H19N3O2/c1-4-22-11-15(17(23)14-10-9-13(3)20-18(14)22)19(24)21-16-8-6-5-7-12(16)2/h5-11H,4H2,1-3H3,(H,21,24). The molecule has 1 amide bonds. The van der Waals surface area contributed by atoms with Crippen molar-refractivity contribution in [1.82, 2.24) is 9.55 Å². The Hall–Kier alpha value is -2.95. The molecular weight excluding hydrogens is 302 g/mol. The summed E-state index contributed by atoms with van der Waals surface area (Å²) in [5, 5.41) is 3.28. The van der Waals surface area contributed by atoms with Crippen molar-refractivity contribution in [2.45, 2.75) is 27.3 Å². The maximum absolute atomic E-state index is 12.7. The third-order valence-electron chi connectivity index (χ3n) is 4.04. The lowest BCUT2D eigenvalue weighted by Crippen LogP contribution is -2.24. The maximum Gasteiger partial charge on any atom is 0.261 e. The van der Waals surface area contributed by atoms with Gasteiger partial charge in [-0.15, -0.1) is 0 Å². The molecule has 0 aliphatic carbocycles. The fraction of sp³-hybridized carbons (Fsp3) is 0.211. The topological polar surface area (TPSA) is 64.0 Å². The van der Waals surface area contributed by atoms with Gasteiger partial charge in [0.1, 0.15) is 11.2 Å². The van der Waals surface area contributed by atoms with Crippen molar-refractivity contribution in [2.75, 3.05) is 5.32 Å². The van der Waals surface area contributed by atoms with E-state index in [4.69, 9.17) is 0 Å². The molecule has 122 valence electrons. The monoisotopic (exact) mass is 321 g/mol. The first-order valence-electron chi connectivity index (χ1n) is 7.89. The Morgan fingerprint density at radius 1 is 1.17 bits per heavy atom. The molecule has 5 nitrogen and oxygen atoms in total. The lowest BCUT2D eigenvalue weighted by molar-refractivity contribution is 0.102. The molecular formula is C19H19N3O2. The Labute approximate surface area is 140 Å². The number of hydrogen-bond donors (Lipinski definition) is 1. The molecule has 3 aromatic rings. The number of carbonyl (C=O) groups is 1. The number of para-hydroxylation sites is 1. The summed E-state index contributed by atoms with van der Waals surface area (Å²) in [5.41, 5.74) is 2.91. The fourth-order valence-electron chi connectivity index (χ4n) is 2.67. The number of anilines is 1.